The molecule has 5 nitrogen and oxygen atoms in total. The number of nitrogens with zero attached hydrogens (tertiary/aromatic N) is 1. The lowest BCUT2D eigenvalue weighted by atomic mass is 10.1. The van der Waals surface area contributed by atoms with Gasteiger partial charge in [0.05, 0.1) is 10.5 Å². The van der Waals surface area contributed by atoms with Gasteiger partial charge in [-0.25, -0.2) is 13.2 Å². The standard InChI is InChI=1S/C15H21NO4S/c1-11-7-8-13(15(17)18)10-14(11)21(19,20)16-9-5-3-4-6-12(16)2/h7-8,10,12H,3-6,9H2,1-2H3,(H,17,18). The van der Waals surface area contributed by atoms with Crippen molar-refractivity contribution in [3.05, 3.63) is 29.3 Å². The molecule has 0 saturated carbocycles. The van der Waals surface area contributed by atoms with Gasteiger partial charge in [0.15, 0.2) is 0 Å². The van der Waals surface area contributed by atoms with Crippen molar-refractivity contribution in [2.24, 2.45) is 0 Å². The number of rotatable bonds is 3. The van der Waals surface area contributed by atoms with Gasteiger partial charge < -0.3 is 5.11 Å². The average Bonchev–Trinajstić information content (AvgIpc) is 2.63. The van der Waals surface area contributed by atoms with Crippen LogP contribution < -0.4 is 0 Å². The van der Waals surface area contributed by atoms with Crippen LogP contribution in [0.3, 0.4) is 0 Å². The lowest BCUT2D eigenvalue weighted by Gasteiger charge is -2.27. The molecule has 6 heteroatoms. The Balaban J connectivity index is 2.47. The van der Waals surface area contributed by atoms with Crippen LogP contribution in [-0.2, 0) is 10.0 Å². The van der Waals surface area contributed by atoms with Gasteiger partial charge in [0.2, 0.25) is 10.0 Å². The van der Waals surface area contributed by atoms with E-state index in [1.807, 2.05) is 6.92 Å². The molecule has 0 amide bonds. The van der Waals surface area contributed by atoms with Crippen molar-refractivity contribution in [2.45, 2.75) is 50.5 Å². The minimum atomic E-state index is -3.65. The number of sulfonamides is 1. The Hall–Kier alpha value is -1.40. The topological polar surface area (TPSA) is 74.7 Å². The van der Waals surface area contributed by atoms with E-state index >= 15 is 0 Å². The number of hydrogen-bond donors (Lipinski definition) is 1. The number of aryl methyl sites for hydroxylation is 1. The van der Waals surface area contributed by atoms with Crippen molar-refractivity contribution in [2.75, 3.05) is 6.54 Å². The Morgan fingerprint density at radius 3 is 2.67 bits per heavy atom. The molecule has 1 heterocycles. The fourth-order valence-electron chi connectivity index (χ4n) is 2.74. The number of carboxylic acids is 1. The number of carbonyl (C=O) groups is 1. The van der Waals surface area contributed by atoms with Crippen LogP contribution in [0.25, 0.3) is 0 Å². The Kier molecular flexibility index (Phi) is 4.68. The Bertz CT molecular complexity index is 639. The first-order valence-corrected chi connectivity index (χ1v) is 8.64. The molecular formula is C15H21NO4S. The summed E-state index contributed by atoms with van der Waals surface area (Å²) in [7, 11) is -3.65. The molecule has 1 aromatic rings. The summed E-state index contributed by atoms with van der Waals surface area (Å²) in [6.07, 6.45) is 3.75. The molecule has 1 fully saturated rings. The highest BCUT2D eigenvalue weighted by Crippen LogP contribution is 2.27. The molecule has 1 aliphatic rings. The van der Waals surface area contributed by atoms with E-state index in [9.17, 15) is 13.2 Å². The molecule has 1 atom stereocenters. The molecule has 116 valence electrons. The van der Waals surface area contributed by atoms with Crippen molar-refractivity contribution in [1.82, 2.24) is 4.31 Å². The molecule has 0 bridgehead atoms. The van der Waals surface area contributed by atoms with Gasteiger partial charge in [-0.15, -0.1) is 0 Å². The highest BCUT2D eigenvalue weighted by atomic mass is 32.2. The number of carboxylic acid groups (broad SMARTS) is 1. The third kappa shape index (κ3) is 3.27. The maximum absolute atomic E-state index is 12.9. The Morgan fingerprint density at radius 2 is 2.00 bits per heavy atom. The first kappa shape index (κ1) is 16.0. The van der Waals surface area contributed by atoms with Crippen LogP contribution >= 0.6 is 0 Å². The zero-order valence-corrected chi connectivity index (χ0v) is 13.2. The molecule has 0 radical (unpaired) electrons. The number of benzene rings is 1. The van der Waals surface area contributed by atoms with Gasteiger partial charge in [-0.3, -0.25) is 0 Å². The second-order valence-electron chi connectivity index (χ2n) is 5.60. The van der Waals surface area contributed by atoms with Gasteiger partial charge in [-0.1, -0.05) is 18.9 Å². The van der Waals surface area contributed by atoms with Crippen LogP contribution in [0.4, 0.5) is 0 Å². The van der Waals surface area contributed by atoms with Crippen LogP contribution in [0.5, 0.6) is 0 Å². The van der Waals surface area contributed by atoms with Gasteiger partial charge in [0, 0.05) is 12.6 Å². The minimum Gasteiger partial charge on any atom is -0.478 e. The van der Waals surface area contributed by atoms with Gasteiger partial charge in [0.25, 0.3) is 0 Å². The van der Waals surface area contributed by atoms with Crippen molar-refractivity contribution in [3.8, 4) is 0 Å². The predicted molar refractivity (Wildman–Crippen MR) is 80.0 cm³/mol. The fourth-order valence-corrected chi connectivity index (χ4v) is 4.70. The summed E-state index contributed by atoms with van der Waals surface area (Å²) in [4.78, 5) is 11.2. The summed E-state index contributed by atoms with van der Waals surface area (Å²) < 4.78 is 27.3. The van der Waals surface area contributed by atoms with E-state index in [4.69, 9.17) is 5.11 Å². The highest BCUT2D eigenvalue weighted by molar-refractivity contribution is 7.89. The first-order valence-electron chi connectivity index (χ1n) is 7.20. The minimum absolute atomic E-state index is 0.00153. The average molecular weight is 311 g/mol. The van der Waals surface area contributed by atoms with E-state index in [0.29, 0.717) is 12.1 Å². The highest BCUT2D eigenvalue weighted by Gasteiger charge is 2.31. The van der Waals surface area contributed by atoms with E-state index in [1.54, 1.807) is 13.0 Å². The van der Waals surface area contributed by atoms with Crippen LogP contribution in [0, 0.1) is 6.92 Å². The van der Waals surface area contributed by atoms with Gasteiger partial charge >= 0.3 is 5.97 Å². The maximum atomic E-state index is 12.9. The molecule has 0 aromatic heterocycles. The normalized spacial score (nSPS) is 21.0. The molecule has 1 saturated heterocycles. The van der Waals surface area contributed by atoms with Crippen molar-refractivity contribution in [1.29, 1.82) is 0 Å². The molecule has 0 spiro atoms. The van der Waals surface area contributed by atoms with Gasteiger partial charge in [-0.2, -0.15) is 4.31 Å². The van der Waals surface area contributed by atoms with Crippen molar-refractivity contribution >= 4 is 16.0 Å². The lowest BCUT2D eigenvalue weighted by Crippen LogP contribution is -2.38. The van der Waals surface area contributed by atoms with E-state index < -0.39 is 16.0 Å². The first-order chi connectivity index (χ1) is 9.84. The molecular weight excluding hydrogens is 290 g/mol. The number of aromatic carboxylic acids is 1. The lowest BCUT2D eigenvalue weighted by molar-refractivity contribution is 0.0696. The molecule has 1 unspecified atom stereocenters. The molecule has 0 aliphatic carbocycles. The smallest absolute Gasteiger partial charge is 0.335 e. The molecule has 1 N–H and O–H groups in total. The van der Waals surface area contributed by atoms with Gasteiger partial charge in [0.1, 0.15) is 0 Å². The summed E-state index contributed by atoms with van der Waals surface area (Å²) >= 11 is 0. The summed E-state index contributed by atoms with van der Waals surface area (Å²) in [5.74, 6) is -1.12. The zero-order valence-electron chi connectivity index (χ0n) is 12.4. The predicted octanol–water partition coefficient (Wildman–Crippen LogP) is 2.65. The summed E-state index contributed by atoms with van der Waals surface area (Å²) in [6.45, 7) is 4.11. The van der Waals surface area contributed by atoms with Crippen molar-refractivity contribution < 1.29 is 18.3 Å². The molecule has 1 aliphatic heterocycles. The molecule has 1 aromatic carbocycles. The quantitative estimate of drug-likeness (QED) is 0.931. The van der Waals surface area contributed by atoms with E-state index in [1.165, 1.54) is 16.4 Å². The van der Waals surface area contributed by atoms with Crippen LogP contribution in [0.2, 0.25) is 0 Å². The Morgan fingerprint density at radius 1 is 1.29 bits per heavy atom. The monoisotopic (exact) mass is 311 g/mol. The van der Waals surface area contributed by atoms with Crippen molar-refractivity contribution in [3.63, 3.8) is 0 Å². The third-order valence-corrected chi connectivity index (χ3v) is 6.17. The van der Waals surface area contributed by atoms with E-state index in [0.717, 1.165) is 25.7 Å². The Labute approximate surface area is 125 Å². The largest absolute Gasteiger partial charge is 0.478 e. The SMILES string of the molecule is Cc1ccc(C(=O)O)cc1S(=O)(=O)N1CCCCCC1C. The molecule has 2 rings (SSSR count). The summed E-state index contributed by atoms with van der Waals surface area (Å²) in [5, 5.41) is 9.06. The second kappa shape index (κ2) is 6.15. The number of hydrogen-bond acceptors (Lipinski definition) is 3. The van der Waals surface area contributed by atoms with Gasteiger partial charge in [-0.05, 0) is 44.4 Å². The summed E-state index contributed by atoms with van der Waals surface area (Å²) in [5.41, 5.74) is 0.582. The fraction of sp³-hybridized carbons (Fsp3) is 0.533. The maximum Gasteiger partial charge on any atom is 0.335 e. The summed E-state index contributed by atoms with van der Waals surface area (Å²) in [6, 6.07) is 4.21. The van der Waals surface area contributed by atoms with E-state index in [2.05, 4.69) is 0 Å². The second-order valence-corrected chi connectivity index (χ2v) is 7.46. The van der Waals surface area contributed by atoms with E-state index in [-0.39, 0.29) is 16.5 Å². The third-order valence-electron chi connectivity index (χ3n) is 4.01. The van der Waals surface area contributed by atoms with Crippen LogP contribution in [-0.4, -0.2) is 36.4 Å². The molecule has 21 heavy (non-hydrogen) atoms. The van der Waals surface area contributed by atoms with Crippen LogP contribution in [0.15, 0.2) is 23.1 Å². The van der Waals surface area contributed by atoms with Crippen LogP contribution in [0.1, 0.15) is 48.5 Å². The zero-order chi connectivity index (χ0) is 15.6.